The maximum Gasteiger partial charge on any atom is 0.337 e. The zero-order valence-corrected chi connectivity index (χ0v) is 9.05. The lowest BCUT2D eigenvalue weighted by atomic mass is 10.1. The van der Waals surface area contributed by atoms with Crippen molar-refractivity contribution in [1.29, 1.82) is 0 Å². The van der Waals surface area contributed by atoms with Crippen molar-refractivity contribution in [2.45, 2.75) is 12.2 Å². The number of carbonyl (C=O) groups excluding carboxylic acids is 1. The van der Waals surface area contributed by atoms with E-state index in [0.717, 1.165) is 7.11 Å². The molecule has 0 aromatic carbocycles. The number of anilines is 1. The highest BCUT2D eigenvalue weighted by Gasteiger charge is 2.28. The minimum absolute atomic E-state index is 0.0119. The lowest BCUT2D eigenvalue weighted by molar-refractivity contribution is -0.156. The van der Waals surface area contributed by atoms with Gasteiger partial charge in [-0.1, -0.05) is 11.6 Å². The van der Waals surface area contributed by atoms with Crippen LogP contribution in [0.2, 0.25) is 5.15 Å². The predicted molar refractivity (Wildman–Crippen MR) is 54.4 cm³/mol. The van der Waals surface area contributed by atoms with Crippen LogP contribution in [0.3, 0.4) is 0 Å². The van der Waals surface area contributed by atoms with Crippen molar-refractivity contribution < 1.29 is 19.7 Å². The summed E-state index contributed by atoms with van der Waals surface area (Å²) in [5, 5.41) is 25.9. The van der Waals surface area contributed by atoms with Crippen molar-refractivity contribution in [1.82, 2.24) is 10.2 Å². The topological polar surface area (TPSA) is 119 Å². The molecule has 0 fully saturated rings. The number of hydrogen-bond acceptors (Lipinski definition) is 7. The van der Waals surface area contributed by atoms with E-state index in [0.29, 0.717) is 0 Å². The van der Waals surface area contributed by atoms with Crippen LogP contribution in [0.4, 0.5) is 5.82 Å². The van der Waals surface area contributed by atoms with E-state index in [2.05, 4.69) is 14.9 Å². The monoisotopic (exact) mass is 247 g/mol. The van der Waals surface area contributed by atoms with Crippen molar-refractivity contribution >= 4 is 23.4 Å². The second kappa shape index (κ2) is 5.06. The van der Waals surface area contributed by atoms with Gasteiger partial charge in [0.2, 0.25) is 0 Å². The van der Waals surface area contributed by atoms with Crippen LogP contribution in [0.5, 0.6) is 0 Å². The maximum absolute atomic E-state index is 11.0. The van der Waals surface area contributed by atoms with Crippen LogP contribution in [-0.4, -0.2) is 39.6 Å². The minimum Gasteiger partial charge on any atom is -0.467 e. The molecule has 0 saturated carbocycles. The van der Waals surface area contributed by atoms with Crippen LogP contribution in [0.25, 0.3) is 0 Å². The lowest BCUT2D eigenvalue weighted by Crippen LogP contribution is -2.29. The Morgan fingerprint density at radius 2 is 2.19 bits per heavy atom. The number of ether oxygens (including phenoxy) is 1. The normalized spacial score (nSPS) is 14.2. The van der Waals surface area contributed by atoms with Gasteiger partial charge in [0.25, 0.3) is 0 Å². The first-order valence-corrected chi connectivity index (χ1v) is 4.57. The van der Waals surface area contributed by atoms with Gasteiger partial charge in [-0.15, -0.1) is 10.2 Å². The van der Waals surface area contributed by atoms with Crippen LogP contribution in [0.1, 0.15) is 11.7 Å². The van der Waals surface area contributed by atoms with Crippen LogP contribution in [0, 0.1) is 0 Å². The van der Waals surface area contributed by atoms with Gasteiger partial charge in [0.1, 0.15) is 6.10 Å². The number of nitrogens with two attached hydrogens (primary N) is 1. The van der Waals surface area contributed by atoms with Crippen molar-refractivity contribution in [3.8, 4) is 0 Å². The molecule has 2 unspecified atom stereocenters. The number of esters is 1. The first-order valence-electron chi connectivity index (χ1n) is 4.20. The number of halogens is 1. The van der Waals surface area contributed by atoms with Crippen molar-refractivity contribution in [2.75, 3.05) is 12.8 Å². The number of aromatic nitrogens is 2. The molecule has 2 atom stereocenters. The fraction of sp³-hybridized carbons (Fsp3) is 0.375. The number of methoxy groups -OCH3 is 1. The summed E-state index contributed by atoms with van der Waals surface area (Å²) in [5.41, 5.74) is 5.43. The van der Waals surface area contributed by atoms with E-state index in [4.69, 9.17) is 17.3 Å². The summed E-state index contributed by atoms with van der Waals surface area (Å²) in [4.78, 5) is 11.0. The number of carbonyl (C=O) groups is 1. The van der Waals surface area contributed by atoms with E-state index >= 15 is 0 Å². The molecule has 0 radical (unpaired) electrons. The van der Waals surface area contributed by atoms with Crippen LogP contribution >= 0.6 is 11.6 Å². The molecule has 16 heavy (non-hydrogen) atoms. The smallest absolute Gasteiger partial charge is 0.337 e. The van der Waals surface area contributed by atoms with Crippen molar-refractivity contribution in [2.24, 2.45) is 0 Å². The average Bonchev–Trinajstić information content (AvgIpc) is 2.29. The van der Waals surface area contributed by atoms with Gasteiger partial charge in [0.05, 0.1) is 7.11 Å². The Hall–Kier alpha value is -1.44. The van der Waals surface area contributed by atoms with E-state index in [9.17, 15) is 15.0 Å². The van der Waals surface area contributed by atoms with E-state index < -0.39 is 18.2 Å². The molecule has 4 N–H and O–H groups in total. The number of nitrogens with zero attached hydrogens (tertiary/aromatic N) is 2. The first kappa shape index (κ1) is 12.6. The highest BCUT2D eigenvalue weighted by molar-refractivity contribution is 6.29. The SMILES string of the molecule is COC(=O)C(O)C(O)c1cc(Cl)nnc1N. The number of hydrogen-bond donors (Lipinski definition) is 3. The molecule has 7 nitrogen and oxygen atoms in total. The molecule has 8 heteroatoms. The Morgan fingerprint density at radius 1 is 1.56 bits per heavy atom. The van der Waals surface area contributed by atoms with E-state index in [-0.39, 0.29) is 16.5 Å². The molecule has 1 aromatic rings. The summed E-state index contributed by atoms with van der Waals surface area (Å²) in [6.07, 6.45) is -3.33. The Morgan fingerprint density at radius 3 is 2.75 bits per heavy atom. The second-order valence-corrected chi connectivity index (χ2v) is 3.31. The number of aliphatic hydroxyl groups is 2. The zero-order chi connectivity index (χ0) is 12.3. The van der Waals surface area contributed by atoms with Crippen molar-refractivity contribution in [3.05, 3.63) is 16.8 Å². The molecular formula is C8H10ClN3O4. The zero-order valence-electron chi connectivity index (χ0n) is 8.29. The molecule has 0 amide bonds. The van der Waals surface area contributed by atoms with Crippen LogP contribution in [0.15, 0.2) is 6.07 Å². The lowest BCUT2D eigenvalue weighted by Gasteiger charge is -2.16. The Bertz CT molecular complexity index is 401. The van der Waals surface area contributed by atoms with Gasteiger partial charge in [0.15, 0.2) is 17.1 Å². The van der Waals surface area contributed by atoms with Crippen molar-refractivity contribution in [3.63, 3.8) is 0 Å². The quantitative estimate of drug-likeness (QED) is 0.603. The second-order valence-electron chi connectivity index (χ2n) is 2.92. The van der Waals surface area contributed by atoms with Gasteiger partial charge in [-0.25, -0.2) is 4.79 Å². The highest BCUT2D eigenvalue weighted by atomic mass is 35.5. The standard InChI is InChI=1S/C8H10ClN3O4/c1-16-8(15)6(14)5(13)3-2-4(9)11-12-7(3)10/h2,5-6,13-14H,1H3,(H2,10,12). The first-order chi connectivity index (χ1) is 7.47. The highest BCUT2D eigenvalue weighted by Crippen LogP contribution is 2.23. The third kappa shape index (κ3) is 2.57. The molecule has 0 aliphatic carbocycles. The van der Waals surface area contributed by atoms with Crippen LogP contribution in [-0.2, 0) is 9.53 Å². The molecule has 88 valence electrons. The van der Waals surface area contributed by atoms with Gasteiger partial charge in [-0.3, -0.25) is 0 Å². The molecular weight excluding hydrogens is 238 g/mol. The minimum atomic E-state index is -1.76. The van der Waals surface area contributed by atoms with Gasteiger partial charge in [-0.05, 0) is 6.07 Å². The average molecular weight is 248 g/mol. The fourth-order valence-corrected chi connectivity index (χ4v) is 1.20. The molecule has 0 spiro atoms. The van der Waals surface area contributed by atoms with Gasteiger partial charge < -0.3 is 20.7 Å². The molecule has 0 saturated heterocycles. The molecule has 1 rings (SSSR count). The number of aliphatic hydroxyl groups excluding tert-OH is 2. The largest absolute Gasteiger partial charge is 0.467 e. The molecule has 1 aromatic heterocycles. The summed E-state index contributed by atoms with van der Waals surface area (Å²) in [7, 11) is 1.08. The van der Waals surface area contributed by atoms with Gasteiger partial charge in [0, 0.05) is 5.56 Å². The Labute approximate surface area is 95.8 Å². The predicted octanol–water partition coefficient (Wildman–Crippen LogP) is -0.721. The summed E-state index contributed by atoms with van der Waals surface area (Å²) in [6.45, 7) is 0. The van der Waals surface area contributed by atoms with E-state index in [1.165, 1.54) is 6.07 Å². The van der Waals surface area contributed by atoms with Crippen LogP contribution < -0.4 is 5.73 Å². The van der Waals surface area contributed by atoms with E-state index in [1.807, 2.05) is 0 Å². The molecule has 1 heterocycles. The van der Waals surface area contributed by atoms with Gasteiger partial charge in [-0.2, -0.15) is 0 Å². The molecule has 0 aliphatic heterocycles. The summed E-state index contributed by atoms with van der Waals surface area (Å²) in [6, 6.07) is 1.21. The third-order valence-electron chi connectivity index (χ3n) is 1.88. The maximum atomic E-state index is 11.0. The van der Waals surface area contributed by atoms with Gasteiger partial charge >= 0.3 is 5.97 Å². The Balaban J connectivity index is 2.99. The molecule has 0 aliphatic rings. The number of rotatable bonds is 3. The number of nitrogen functional groups attached to an aromatic ring is 1. The summed E-state index contributed by atoms with van der Waals surface area (Å²) >= 11 is 5.54. The Kier molecular flexibility index (Phi) is 3.99. The summed E-state index contributed by atoms with van der Waals surface area (Å²) in [5.74, 6) is -1.11. The van der Waals surface area contributed by atoms with E-state index in [1.54, 1.807) is 0 Å². The molecule has 0 bridgehead atoms. The summed E-state index contributed by atoms with van der Waals surface area (Å²) < 4.78 is 4.27. The fourth-order valence-electron chi connectivity index (χ4n) is 1.05. The third-order valence-corrected chi connectivity index (χ3v) is 2.07.